The summed E-state index contributed by atoms with van der Waals surface area (Å²) in [5.41, 5.74) is 5.79. The van der Waals surface area contributed by atoms with Crippen molar-refractivity contribution in [3.8, 4) is 0 Å². The highest BCUT2D eigenvalue weighted by Gasteiger charge is 2.10. The molecule has 1 heterocycles. The normalized spacial score (nSPS) is 10.3. The topological polar surface area (TPSA) is 76.2 Å². The predicted molar refractivity (Wildman–Crippen MR) is 73.9 cm³/mol. The van der Waals surface area contributed by atoms with Gasteiger partial charge in [0.05, 0.1) is 17.4 Å². The molecule has 0 spiro atoms. The summed E-state index contributed by atoms with van der Waals surface area (Å²) in [6, 6.07) is 9.16. The van der Waals surface area contributed by atoms with Gasteiger partial charge in [0, 0.05) is 9.37 Å². The second-order valence-corrected chi connectivity index (χ2v) is 5.48. The largest absolute Gasteiger partial charge is 0.478 e. The molecule has 0 saturated heterocycles. The number of nitrogens with two attached hydrogens (primary N) is 1. The van der Waals surface area contributed by atoms with Gasteiger partial charge in [-0.05, 0) is 24.3 Å². The van der Waals surface area contributed by atoms with Crippen LogP contribution < -0.4 is 5.73 Å². The van der Waals surface area contributed by atoms with Gasteiger partial charge in [-0.3, -0.25) is 0 Å². The Morgan fingerprint density at radius 1 is 1.39 bits per heavy atom. The predicted octanol–water partition coefficient (Wildman–Crippen LogP) is 3.28. The minimum atomic E-state index is -1.05. The van der Waals surface area contributed by atoms with E-state index in [1.165, 1.54) is 24.0 Å². The van der Waals surface area contributed by atoms with Gasteiger partial charge in [0.2, 0.25) is 0 Å². The molecule has 2 aromatic rings. The molecule has 0 bridgehead atoms. The van der Waals surface area contributed by atoms with Crippen molar-refractivity contribution in [1.82, 2.24) is 4.98 Å². The number of benzene rings is 1. The van der Waals surface area contributed by atoms with Crippen LogP contribution in [-0.4, -0.2) is 16.1 Å². The Morgan fingerprint density at radius 3 is 2.83 bits per heavy atom. The molecule has 1 aromatic heterocycles. The number of hydrogen-bond donors (Lipinski definition) is 2. The lowest BCUT2D eigenvalue weighted by Crippen LogP contribution is -2.03. The molecule has 0 aliphatic carbocycles. The number of carboxylic acid groups (broad SMARTS) is 1. The van der Waals surface area contributed by atoms with Crippen LogP contribution in [0.1, 0.15) is 10.4 Å². The van der Waals surface area contributed by atoms with E-state index in [2.05, 4.69) is 20.9 Å². The zero-order valence-corrected chi connectivity index (χ0v) is 11.5. The average Bonchev–Trinajstić information content (AvgIpc) is 2.31. The molecule has 4 nitrogen and oxygen atoms in total. The van der Waals surface area contributed by atoms with Crippen LogP contribution >= 0.6 is 27.7 Å². The number of rotatable bonds is 3. The van der Waals surface area contributed by atoms with Crippen LogP contribution in [0.15, 0.2) is 50.9 Å². The third-order valence-corrected chi connectivity index (χ3v) is 3.57. The van der Waals surface area contributed by atoms with Crippen molar-refractivity contribution in [2.45, 2.75) is 9.92 Å². The van der Waals surface area contributed by atoms with Crippen LogP contribution in [0.4, 0.5) is 5.69 Å². The molecule has 2 rings (SSSR count). The van der Waals surface area contributed by atoms with Crippen LogP contribution in [-0.2, 0) is 0 Å². The van der Waals surface area contributed by atoms with E-state index in [9.17, 15) is 4.79 Å². The highest BCUT2D eigenvalue weighted by atomic mass is 79.9. The number of nitrogens with zero attached hydrogens (tertiary/aromatic N) is 1. The standard InChI is InChI=1S/C12H9BrN2O2S/c13-7-2-1-3-8(4-7)18-11-5-9(12(16)17)10(14)6-15-11/h1-6H,14H2,(H,16,17). The molecule has 0 fully saturated rings. The Labute approximate surface area is 116 Å². The van der Waals surface area contributed by atoms with Crippen molar-refractivity contribution in [3.63, 3.8) is 0 Å². The molecule has 0 atom stereocenters. The third kappa shape index (κ3) is 3.02. The maximum Gasteiger partial charge on any atom is 0.337 e. The first-order chi connectivity index (χ1) is 8.56. The number of carbonyl (C=O) groups is 1. The maximum absolute atomic E-state index is 11.0. The van der Waals surface area contributed by atoms with Gasteiger partial charge in [0.15, 0.2) is 0 Å². The van der Waals surface area contributed by atoms with Gasteiger partial charge in [-0.1, -0.05) is 33.8 Å². The summed E-state index contributed by atoms with van der Waals surface area (Å²) in [4.78, 5) is 16.0. The summed E-state index contributed by atoms with van der Waals surface area (Å²) in [6.45, 7) is 0. The molecule has 3 N–H and O–H groups in total. The second kappa shape index (κ2) is 5.41. The highest BCUT2D eigenvalue weighted by molar-refractivity contribution is 9.10. The molecule has 0 unspecified atom stereocenters. The smallest absolute Gasteiger partial charge is 0.337 e. The van der Waals surface area contributed by atoms with Crippen molar-refractivity contribution in [2.75, 3.05) is 5.73 Å². The first-order valence-electron chi connectivity index (χ1n) is 4.98. The quantitative estimate of drug-likeness (QED) is 0.906. The number of halogens is 1. The minimum absolute atomic E-state index is 0.0718. The molecule has 0 saturated carbocycles. The lowest BCUT2D eigenvalue weighted by molar-refractivity contribution is 0.0697. The number of aromatic carboxylic acids is 1. The number of aromatic nitrogens is 1. The molecule has 6 heteroatoms. The number of carboxylic acids is 1. The van der Waals surface area contributed by atoms with Gasteiger partial charge >= 0.3 is 5.97 Å². The van der Waals surface area contributed by atoms with Gasteiger partial charge in [-0.15, -0.1) is 0 Å². The van der Waals surface area contributed by atoms with Crippen molar-refractivity contribution < 1.29 is 9.90 Å². The first-order valence-corrected chi connectivity index (χ1v) is 6.59. The summed E-state index contributed by atoms with van der Waals surface area (Å²) in [5, 5.41) is 9.57. The summed E-state index contributed by atoms with van der Waals surface area (Å²) >= 11 is 4.76. The summed E-state index contributed by atoms with van der Waals surface area (Å²) in [7, 11) is 0. The van der Waals surface area contributed by atoms with E-state index in [0.29, 0.717) is 5.03 Å². The van der Waals surface area contributed by atoms with E-state index >= 15 is 0 Å². The fourth-order valence-electron chi connectivity index (χ4n) is 1.34. The summed E-state index contributed by atoms with van der Waals surface area (Å²) in [5.74, 6) is -1.05. The van der Waals surface area contributed by atoms with Crippen LogP contribution in [0.3, 0.4) is 0 Å². The Hall–Kier alpha value is -1.53. The van der Waals surface area contributed by atoms with E-state index in [0.717, 1.165) is 9.37 Å². The summed E-state index contributed by atoms with van der Waals surface area (Å²) in [6.07, 6.45) is 1.36. The fraction of sp³-hybridized carbons (Fsp3) is 0. The summed E-state index contributed by atoms with van der Waals surface area (Å²) < 4.78 is 0.960. The van der Waals surface area contributed by atoms with Gasteiger partial charge in [0.25, 0.3) is 0 Å². The van der Waals surface area contributed by atoms with Crippen molar-refractivity contribution in [3.05, 3.63) is 46.6 Å². The van der Waals surface area contributed by atoms with E-state index in [-0.39, 0.29) is 11.3 Å². The van der Waals surface area contributed by atoms with E-state index in [1.807, 2.05) is 24.3 Å². The fourth-order valence-corrected chi connectivity index (χ4v) is 2.75. The third-order valence-electron chi connectivity index (χ3n) is 2.16. The molecular formula is C12H9BrN2O2S. The Balaban J connectivity index is 2.30. The molecular weight excluding hydrogens is 316 g/mol. The van der Waals surface area contributed by atoms with Crippen molar-refractivity contribution in [2.24, 2.45) is 0 Å². The number of anilines is 1. The molecule has 0 amide bonds. The average molecular weight is 325 g/mol. The monoisotopic (exact) mass is 324 g/mol. The first kappa shape index (κ1) is 12.9. The van der Waals surface area contributed by atoms with Gasteiger partial charge in [0.1, 0.15) is 5.03 Å². The van der Waals surface area contributed by atoms with E-state index in [1.54, 1.807) is 0 Å². The van der Waals surface area contributed by atoms with Crippen LogP contribution in [0.5, 0.6) is 0 Å². The number of hydrogen-bond acceptors (Lipinski definition) is 4. The number of nitrogen functional groups attached to an aromatic ring is 1. The van der Waals surface area contributed by atoms with Crippen LogP contribution in [0.25, 0.3) is 0 Å². The van der Waals surface area contributed by atoms with E-state index in [4.69, 9.17) is 10.8 Å². The molecule has 0 radical (unpaired) electrons. The minimum Gasteiger partial charge on any atom is -0.478 e. The Kier molecular flexibility index (Phi) is 3.88. The van der Waals surface area contributed by atoms with Gasteiger partial charge < -0.3 is 10.8 Å². The lowest BCUT2D eigenvalue weighted by Gasteiger charge is -2.04. The van der Waals surface area contributed by atoms with Crippen molar-refractivity contribution in [1.29, 1.82) is 0 Å². The SMILES string of the molecule is Nc1cnc(Sc2cccc(Br)c2)cc1C(=O)O. The molecule has 92 valence electrons. The zero-order chi connectivity index (χ0) is 13.1. The lowest BCUT2D eigenvalue weighted by atomic mass is 10.2. The molecule has 18 heavy (non-hydrogen) atoms. The molecule has 0 aliphatic rings. The van der Waals surface area contributed by atoms with Crippen LogP contribution in [0.2, 0.25) is 0 Å². The number of pyridine rings is 1. The highest BCUT2D eigenvalue weighted by Crippen LogP contribution is 2.29. The molecule has 1 aromatic carbocycles. The van der Waals surface area contributed by atoms with Gasteiger partial charge in [-0.2, -0.15) is 0 Å². The zero-order valence-electron chi connectivity index (χ0n) is 9.13. The Morgan fingerprint density at radius 2 is 2.17 bits per heavy atom. The van der Waals surface area contributed by atoms with Gasteiger partial charge in [-0.25, -0.2) is 9.78 Å². The van der Waals surface area contributed by atoms with E-state index < -0.39 is 5.97 Å². The maximum atomic E-state index is 11.0. The van der Waals surface area contributed by atoms with Crippen LogP contribution in [0, 0.1) is 0 Å². The Bertz CT molecular complexity index is 604. The molecule has 0 aliphatic heterocycles. The van der Waals surface area contributed by atoms with Crippen molar-refractivity contribution >= 4 is 39.3 Å². The second-order valence-electron chi connectivity index (χ2n) is 3.47.